The average Bonchev–Trinajstić information content (AvgIpc) is 2.84. The number of hydrogen-bond donors (Lipinski definition) is 1. The van der Waals surface area contributed by atoms with E-state index < -0.39 is 0 Å². The molecule has 0 radical (unpaired) electrons. The second-order valence-electron chi connectivity index (χ2n) is 3.26. The van der Waals surface area contributed by atoms with Gasteiger partial charge in [0.25, 0.3) is 5.91 Å². The van der Waals surface area contributed by atoms with Gasteiger partial charge in [-0.15, -0.1) is 0 Å². The molecule has 2 aromatic rings. The number of furan rings is 1. The van der Waals surface area contributed by atoms with E-state index in [1.54, 1.807) is 31.6 Å². The highest BCUT2D eigenvalue weighted by Crippen LogP contribution is 2.12. The van der Waals surface area contributed by atoms with Crippen LogP contribution in [0.15, 0.2) is 29.0 Å². The summed E-state index contributed by atoms with van der Waals surface area (Å²) in [6.07, 6.45) is 3.12. The van der Waals surface area contributed by atoms with Crippen LogP contribution < -0.4 is 5.32 Å². The average molecular weight is 240 g/mol. The van der Waals surface area contributed by atoms with Crippen molar-refractivity contribution in [2.24, 2.45) is 7.05 Å². The fourth-order valence-corrected chi connectivity index (χ4v) is 1.54. The zero-order valence-electron chi connectivity index (χ0n) is 8.61. The van der Waals surface area contributed by atoms with Gasteiger partial charge in [-0.25, -0.2) is 0 Å². The summed E-state index contributed by atoms with van der Waals surface area (Å²) in [6.45, 7) is 0.318. The first-order valence-corrected chi connectivity index (χ1v) is 5.04. The van der Waals surface area contributed by atoms with Gasteiger partial charge in [0.2, 0.25) is 0 Å². The van der Waals surface area contributed by atoms with E-state index in [4.69, 9.17) is 16.0 Å². The van der Waals surface area contributed by atoms with Crippen LogP contribution in [0, 0.1) is 0 Å². The van der Waals surface area contributed by atoms with Gasteiger partial charge in [-0.2, -0.15) is 5.10 Å². The van der Waals surface area contributed by atoms with Crippen molar-refractivity contribution in [2.75, 3.05) is 0 Å². The van der Waals surface area contributed by atoms with Crippen LogP contribution in [-0.2, 0) is 13.6 Å². The predicted molar refractivity (Wildman–Crippen MR) is 58.1 cm³/mol. The molecule has 5 nitrogen and oxygen atoms in total. The van der Waals surface area contributed by atoms with Crippen LogP contribution in [0.1, 0.15) is 16.2 Å². The van der Waals surface area contributed by atoms with Gasteiger partial charge in [0.05, 0.1) is 17.8 Å². The fraction of sp³-hybridized carbons (Fsp3) is 0.200. The lowest BCUT2D eigenvalue weighted by atomic mass is 10.4. The minimum atomic E-state index is -0.318. The monoisotopic (exact) mass is 239 g/mol. The molecule has 16 heavy (non-hydrogen) atoms. The molecule has 1 N–H and O–H groups in total. The van der Waals surface area contributed by atoms with Crippen molar-refractivity contribution in [2.45, 2.75) is 6.54 Å². The number of aryl methyl sites for hydroxylation is 1. The van der Waals surface area contributed by atoms with Gasteiger partial charge >= 0.3 is 0 Å². The van der Waals surface area contributed by atoms with Crippen molar-refractivity contribution in [3.63, 3.8) is 0 Å². The second-order valence-corrected chi connectivity index (χ2v) is 3.67. The van der Waals surface area contributed by atoms with E-state index in [0.717, 1.165) is 0 Å². The standard InChI is InChI=1S/C10H10ClN3O2/c1-14-6-8(11)9(13-14)10(15)12-5-7-3-2-4-16-7/h2-4,6H,5H2,1H3,(H,12,15). The molecule has 1 amide bonds. The number of carbonyl (C=O) groups excluding carboxylic acids is 1. The molecule has 0 atom stereocenters. The minimum Gasteiger partial charge on any atom is -0.467 e. The Labute approximate surface area is 97.0 Å². The van der Waals surface area contributed by atoms with Crippen LogP contribution in [0.4, 0.5) is 0 Å². The van der Waals surface area contributed by atoms with Gasteiger partial charge in [-0.3, -0.25) is 9.48 Å². The highest BCUT2D eigenvalue weighted by atomic mass is 35.5. The molecule has 2 aromatic heterocycles. The van der Waals surface area contributed by atoms with Gasteiger partial charge in [-0.05, 0) is 12.1 Å². The van der Waals surface area contributed by atoms with Gasteiger partial charge in [-0.1, -0.05) is 11.6 Å². The van der Waals surface area contributed by atoms with E-state index in [-0.39, 0.29) is 11.6 Å². The summed E-state index contributed by atoms with van der Waals surface area (Å²) in [5.74, 6) is 0.363. The number of carbonyl (C=O) groups is 1. The van der Waals surface area contributed by atoms with Crippen LogP contribution in [0.2, 0.25) is 5.02 Å². The van der Waals surface area contributed by atoms with Gasteiger partial charge in [0, 0.05) is 13.2 Å². The number of rotatable bonds is 3. The summed E-state index contributed by atoms with van der Waals surface area (Å²) >= 11 is 5.83. The summed E-state index contributed by atoms with van der Waals surface area (Å²) in [5, 5.41) is 6.95. The smallest absolute Gasteiger partial charge is 0.273 e. The maximum atomic E-state index is 11.7. The molecule has 0 fully saturated rings. The van der Waals surface area contributed by atoms with Crippen molar-refractivity contribution in [1.82, 2.24) is 15.1 Å². The lowest BCUT2D eigenvalue weighted by Gasteiger charge is -2.00. The van der Waals surface area contributed by atoms with Crippen molar-refractivity contribution < 1.29 is 9.21 Å². The quantitative estimate of drug-likeness (QED) is 0.885. The minimum absolute atomic E-state index is 0.218. The molecule has 2 rings (SSSR count). The van der Waals surface area contributed by atoms with E-state index in [9.17, 15) is 4.79 Å². The maximum Gasteiger partial charge on any atom is 0.273 e. The Balaban J connectivity index is 2.01. The summed E-state index contributed by atoms with van der Waals surface area (Å²) < 4.78 is 6.57. The molecule has 2 heterocycles. The highest BCUT2D eigenvalue weighted by molar-refractivity contribution is 6.33. The maximum absolute atomic E-state index is 11.7. The number of aromatic nitrogens is 2. The molecule has 0 saturated heterocycles. The SMILES string of the molecule is Cn1cc(Cl)c(C(=O)NCc2ccco2)n1. The van der Waals surface area contributed by atoms with Gasteiger partial charge < -0.3 is 9.73 Å². The second kappa shape index (κ2) is 4.40. The van der Waals surface area contributed by atoms with Crippen LogP contribution >= 0.6 is 11.6 Å². The Morgan fingerprint density at radius 3 is 3.06 bits per heavy atom. The Morgan fingerprint density at radius 2 is 2.50 bits per heavy atom. The fourth-order valence-electron chi connectivity index (χ4n) is 1.28. The summed E-state index contributed by atoms with van der Waals surface area (Å²) in [4.78, 5) is 11.7. The largest absolute Gasteiger partial charge is 0.467 e. The Morgan fingerprint density at radius 1 is 1.69 bits per heavy atom. The van der Waals surface area contributed by atoms with Crippen molar-refractivity contribution in [1.29, 1.82) is 0 Å². The third-order valence-corrected chi connectivity index (χ3v) is 2.28. The number of nitrogens with one attached hydrogen (secondary N) is 1. The van der Waals surface area contributed by atoms with E-state index in [1.165, 1.54) is 4.68 Å². The van der Waals surface area contributed by atoms with Crippen LogP contribution in [0.25, 0.3) is 0 Å². The summed E-state index contributed by atoms with van der Waals surface area (Å²) in [6, 6.07) is 3.54. The Hall–Kier alpha value is -1.75. The highest BCUT2D eigenvalue weighted by Gasteiger charge is 2.14. The first-order chi connectivity index (χ1) is 7.66. The lowest BCUT2D eigenvalue weighted by molar-refractivity contribution is 0.0942. The predicted octanol–water partition coefficient (Wildman–Crippen LogP) is 1.60. The molecule has 0 saturated carbocycles. The molecule has 84 valence electrons. The topological polar surface area (TPSA) is 60.1 Å². The molecule has 0 aliphatic rings. The lowest BCUT2D eigenvalue weighted by Crippen LogP contribution is -2.23. The zero-order chi connectivity index (χ0) is 11.5. The Kier molecular flexibility index (Phi) is 2.96. The number of amides is 1. The number of nitrogens with zero attached hydrogens (tertiary/aromatic N) is 2. The van der Waals surface area contributed by atoms with E-state index in [2.05, 4.69) is 10.4 Å². The zero-order valence-corrected chi connectivity index (χ0v) is 9.36. The molecule has 0 aliphatic heterocycles. The molecule has 0 spiro atoms. The van der Waals surface area contributed by atoms with Crippen molar-refractivity contribution >= 4 is 17.5 Å². The molecule has 0 bridgehead atoms. The van der Waals surface area contributed by atoms with E-state index in [1.807, 2.05) is 0 Å². The number of hydrogen-bond acceptors (Lipinski definition) is 3. The van der Waals surface area contributed by atoms with Crippen molar-refractivity contribution in [3.8, 4) is 0 Å². The van der Waals surface area contributed by atoms with Crippen LogP contribution in [-0.4, -0.2) is 15.7 Å². The van der Waals surface area contributed by atoms with E-state index in [0.29, 0.717) is 17.3 Å². The summed E-state index contributed by atoms with van der Waals surface area (Å²) in [7, 11) is 1.70. The Bertz CT molecular complexity index is 490. The first-order valence-electron chi connectivity index (χ1n) is 4.66. The molecule has 0 unspecified atom stereocenters. The third-order valence-electron chi connectivity index (χ3n) is 2.00. The normalized spacial score (nSPS) is 10.4. The molecular formula is C10H10ClN3O2. The molecular weight excluding hydrogens is 230 g/mol. The summed E-state index contributed by atoms with van der Waals surface area (Å²) in [5.41, 5.74) is 0.218. The van der Waals surface area contributed by atoms with Crippen molar-refractivity contribution in [3.05, 3.63) is 41.1 Å². The molecule has 6 heteroatoms. The van der Waals surface area contributed by atoms with Crippen LogP contribution in [0.5, 0.6) is 0 Å². The third kappa shape index (κ3) is 2.25. The first kappa shape index (κ1) is 10.8. The van der Waals surface area contributed by atoms with E-state index >= 15 is 0 Å². The van der Waals surface area contributed by atoms with Gasteiger partial charge in [0.15, 0.2) is 5.69 Å². The van der Waals surface area contributed by atoms with Crippen LogP contribution in [0.3, 0.4) is 0 Å². The van der Waals surface area contributed by atoms with Gasteiger partial charge in [0.1, 0.15) is 5.76 Å². The molecule has 0 aromatic carbocycles. The molecule has 0 aliphatic carbocycles. The number of halogens is 1.